The van der Waals surface area contributed by atoms with Crippen LogP contribution in [-0.4, -0.2) is 21.5 Å². The number of nitrogens with two attached hydrogens (primary N) is 1. The maximum Gasteiger partial charge on any atom is 0.166 e. The van der Waals surface area contributed by atoms with Crippen molar-refractivity contribution < 1.29 is 0 Å². The van der Waals surface area contributed by atoms with Crippen molar-refractivity contribution in [1.82, 2.24) is 9.88 Å². The average molecular weight is 207 g/mol. The summed E-state index contributed by atoms with van der Waals surface area (Å²) >= 11 is 5.02. The van der Waals surface area contributed by atoms with Crippen molar-refractivity contribution in [3.63, 3.8) is 0 Å². The highest BCUT2D eigenvalue weighted by atomic mass is 32.1. The molecule has 1 aromatic heterocycles. The van der Waals surface area contributed by atoms with E-state index in [0.717, 1.165) is 19.4 Å². The maximum absolute atomic E-state index is 5.66. The average Bonchev–Trinajstić information content (AvgIpc) is 2.67. The SMILES string of the molecule is NC(=S)N1CCCC1c1cccnc1. The lowest BCUT2D eigenvalue weighted by Gasteiger charge is -2.24. The Morgan fingerprint density at radius 3 is 3.14 bits per heavy atom. The monoisotopic (exact) mass is 207 g/mol. The lowest BCUT2D eigenvalue weighted by atomic mass is 10.1. The van der Waals surface area contributed by atoms with Gasteiger partial charge in [-0.1, -0.05) is 6.07 Å². The number of rotatable bonds is 1. The summed E-state index contributed by atoms with van der Waals surface area (Å²) in [6.45, 7) is 0.967. The second-order valence-electron chi connectivity index (χ2n) is 3.48. The van der Waals surface area contributed by atoms with Gasteiger partial charge in [-0.2, -0.15) is 0 Å². The standard InChI is InChI=1S/C10H13N3S/c11-10(14)13-6-2-4-9(13)8-3-1-5-12-7-8/h1,3,5,7,9H,2,4,6H2,(H2,11,14). The molecule has 4 heteroatoms. The molecule has 1 unspecified atom stereocenters. The van der Waals surface area contributed by atoms with E-state index in [1.807, 2.05) is 12.3 Å². The first-order valence-electron chi connectivity index (χ1n) is 4.75. The molecule has 2 rings (SSSR count). The third-order valence-corrected chi connectivity index (χ3v) is 2.84. The van der Waals surface area contributed by atoms with Gasteiger partial charge < -0.3 is 10.6 Å². The van der Waals surface area contributed by atoms with Crippen LogP contribution in [0.1, 0.15) is 24.4 Å². The topological polar surface area (TPSA) is 42.1 Å². The smallest absolute Gasteiger partial charge is 0.166 e. The fourth-order valence-electron chi connectivity index (χ4n) is 1.95. The highest BCUT2D eigenvalue weighted by Crippen LogP contribution is 2.30. The molecule has 0 amide bonds. The van der Waals surface area contributed by atoms with E-state index in [1.165, 1.54) is 5.56 Å². The fourth-order valence-corrected chi connectivity index (χ4v) is 2.17. The Morgan fingerprint density at radius 2 is 2.50 bits per heavy atom. The summed E-state index contributed by atoms with van der Waals surface area (Å²) in [5, 5.41) is 0.497. The normalized spacial score (nSPS) is 21.1. The number of pyridine rings is 1. The zero-order valence-corrected chi connectivity index (χ0v) is 8.70. The number of nitrogens with zero attached hydrogens (tertiary/aromatic N) is 2. The lowest BCUT2D eigenvalue weighted by Crippen LogP contribution is -2.34. The Kier molecular flexibility index (Phi) is 2.63. The summed E-state index contributed by atoms with van der Waals surface area (Å²) in [5.41, 5.74) is 6.87. The van der Waals surface area contributed by atoms with Crippen LogP contribution in [0.5, 0.6) is 0 Å². The summed E-state index contributed by atoms with van der Waals surface area (Å²) in [4.78, 5) is 6.19. The van der Waals surface area contributed by atoms with E-state index < -0.39 is 0 Å². The third kappa shape index (κ3) is 1.70. The Morgan fingerprint density at radius 1 is 1.64 bits per heavy atom. The molecular weight excluding hydrogens is 194 g/mol. The van der Waals surface area contributed by atoms with Crippen LogP contribution < -0.4 is 5.73 Å². The highest BCUT2D eigenvalue weighted by molar-refractivity contribution is 7.80. The van der Waals surface area contributed by atoms with Crippen LogP contribution in [0.2, 0.25) is 0 Å². The van der Waals surface area contributed by atoms with Gasteiger partial charge in [0.15, 0.2) is 5.11 Å². The Bertz CT molecular complexity index is 325. The molecule has 3 nitrogen and oxygen atoms in total. The molecule has 0 aliphatic carbocycles. The van der Waals surface area contributed by atoms with Gasteiger partial charge in [0.1, 0.15) is 0 Å². The molecule has 1 atom stereocenters. The van der Waals surface area contributed by atoms with E-state index in [9.17, 15) is 0 Å². The number of hydrogen-bond acceptors (Lipinski definition) is 2. The molecular formula is C10H13N3S. The van der Waals surface area contributed by atoms with Crippen molar-refractivity contribution in [3.8, 4) is 0 Å². The number of hydrogen-bond donors (Lipinski definition) is 1. The van der Waals surface area contributed by atoms with Gasteiger partial charge in [-0.15, -0.1) is 0 Å². The first-order chi connectivity index (χ1) is 6.79. The van der Waals surface area contributed by atoms with Crippen molar-refractivity contribution in [2.45, 2.75) is 18.9 Å². The molecule has 0 saturated carbocycles. The van der Waals surface area contributed by atoms with Crippen LogP contribution in [0.15, 0.2) is 24.5 Å². The van der Waals surface area contributed by atoms with Gasteiger partial charge in [-0.3, -0.25) is 4.98 Å². The molecule has 14 heavy (non-hydrogen) atoms. The lowest BCUT2D eigenvalue weighted by molar-refractivity contribution is 0.402. The maximum atomic E-state index is 5.66. The first-order valence-corrected chi connectivity index (χ1v) is 5.16. The van der Waals surface area contributed by atoms with E-state index in [1.54, 1.807) is 6.20 Å². The Labute approximate surface area is 88.9 Å². The summed E-state index contributed by atoms with van der Waals surface area (Å²) in [6, 6.07) is 4.36. The van der Waals surface area contributed by atoms with Crippen molar-refractivity contribution in [3.05, 3.63) is 30.1 Å². The van der Waals surface area contributed by atoms with Gasteiger partial charge in [-0.05, 0) is 36.7 Å². The predicted octanol–water partition coefficient (Wildman–Crippen LogP) is 1.46. The van der Waals surface area contributed by atoms with Crippen LogP contribution in [0.25, 0.3) is 0 Å². The van der Waals surface area contributed by atoms with Gasteiger partial charge in [0.2, 0.25) is 0 Å². The predicted molar refractivity (Wildman–Crippen MR) is 59.7 cm³/mol. The van der Waals surface area contributed by atoms with E-state index in [0.29, 0.717) is 11.2 Å². The van der Waals surface area contributed by atoms with Gasteiger partial charge in [0.25, 0.3) is 0 Å². The van der Waals surface area contributed by atoms with Gasteiger partial charge >= 0.3 is 0 Å². The van der Waals surface area contributed by atoms with Crippen LogP contribution in [0.4, 0.5) is 0 Å². The van der Waals surface area contributed by atoms with E-state index in [2.05, 4.69) is 16.0 Å². The molecule has 1 aliphatic rings. The molecule has 74 valence electrons. The molecule has 1 aromatic rings. The summed E-state index contributed by atoms with van der Waals surface area (Å²) in [5.74, 6) is 0. The minimum Gasteiger partial charge on any atom is -0.376 e. The van der Waals surface area contributed by atoms with Crippen LogP contribution in [-0.2, 0) is 0 Å². The number of likely N-dealkylation sites (tertiary alicyclic amines) is 1. The summed E-state index contributed by atoms with van der Waals surface area (Å²) in [7, 11) is 0. The number of thiocarbonyl (C=S) groups is 1. The van der Waals surface area contributed by atoms with Gasteiger partial charge in [-0.25, -0.2) is 0 Å². The fraction of sp³-hybridized carbons (Fsp3) is 0.400. The molecule has 1 saturated heterocycles. The molecule has 0 spiro atoms. The van der Waals surface area contributed by atoms with E-state index >= 15 is 0 Å². The van der Waals surface area contributed by atoms with Crippen LogP contribution in [0.3, 0.4) is 0 Å². The second kappa shape index (κ2) is 3.92. The van der Waals surface area contributed by atoms with Crippen molar-refractivity contribution in [2.24, 2.45) is 5.73 Å². The Balaban J connectivity index is 2.22. The highest BCUT2D eigenvalue weighted by Gasteiger charge is 2.26. The van der Waals surface area contributed by atoms with Gasteiger partial charge in [0.05, 0.1) is 6.04 Å². The second-order valence-corrected chi connectivity index (χ2v) is 3.89. The molecule has 0 aromatic carbocycles. The zero-order valence-electron chi connectivity index (χ0n) is 7.89. The molecule has 0 bridgehead atoms. The van der Waals surface area contributed by atoms with E-state index in [4.69, 9.17) is 18.0 Å². The van der Waals surface area contributed by atoms with Crippen molar-refractivity contribution >= 4 is 17.3 Å². The minimum atomic E-state index is 0.334. The van der Waals surface area contributed by atoms with Crippen LogP contribution >= 0.6 is 12.2 Å². The molecule has 0 radical (unpaired) electrons. The molecule has 2 N–H and O–H groups in total. The van der Waals surface area contributed by atoms with Crippen molar-refractivity contribution in [1.29, 1.82) is 0 Å². The quantitative estimate of drug-likeness (QED) is 0.708. The summed E-state index contributed by atoms with van der Waals surface area (Å²) < 4.78 is 0. The van der Waals surface area contributed by atoms with Crippen molar-refractivity contribution in [2.75, 3.05) is 6.54 Å². The molecule has 1 fully saturated rings. The third-order valence-electron chi connectivity index (χ3n) is 2.61. The number of aromatic nitrogens is 1. The zero-order chi connectivity index (χ0) is 9.97. The largest absolute Gasteiger partial charge is 0.376 e. The first kappa shape index (κ1) is 9.40. The molecule has 1 aliphatic heterocycles. The molecule has 2 heterocycles. The van der Waals surface area contributed by atoms with E-state index in [-0.39, 0.29) is 0 Å². The minimum absolute atomic E-state index is 0.334. The summed E-state index contributed by atoms with van der Waals surface area (Å²) in [6.07, 6.45) is 5.94. The Hall–Kier alpha value is -1.16. The van der Waals surface area contributed by atoms with Gasteiger partial charge in [0, 0.05) is 18.9 Å². The van der Waals surface area contributed by atoms with Crippen LogP contribution in [0, 0.1) is 0 Å².